The number of amides is 1. The molecule has 2 heterocycles. The van der Waals surface area contributed by atoms with Crippen molar-refractivity contribution in [2.75, 3.05) is 4.90 Å². The zero-order valence-electron chi connectivity index (χ0n) is 17.2. The Labute approximate surface area is 181 Å². The predicted octanol–water partition coefficient (Wildman–Crippen LogP) is 5.71. The summed E-state index contributed by atoms with van der Waals surface area (Å²) in [5, 5.41) is 10.9. The molecule has 1 aliphatic heterocycles. The molecule has 0 saturated heterocycles. The summed E-state index contributed by atoms with van der Waals surface area (Å²) in [7, 11) is 0. The number of nitrogens with one attached hydrogen (secondary N) is 1. The number of hydrogen-bond donors (Lipinski definition) is 1. The maximum atomic E-state index is 13.7. The van der Waals surface area contributed by atoms with Crippen LogP contribution in [0.5, 0.6) is 0 Å². The lowest BCUT2D eigenvalue weighted by Crippen LogP contribution is -2.33. The van der Waals surface area contributed by atoms with Gasteiger partial charge >= 0.3 is 0 Å². The van der Waals surface area contributed by atoms with Crippen molar-refractivity contribution in [1.82, 2.24) is 4.98 Å². The normalized spacial score (nSPS) is 15.7. The van der Waals surface area contributed by atoms with Crippen LogP contribution in [0.1, 0.15) is 28.4 Å². The van der Waals surface area contributed by atoms with Crippen molar-refractivity contribution in [2.24, 2.45) is 0 Å². The van der Waals surface area contributed by atoms with E-state index in [-0.39, 0.29) is 17.5 Å². The summed E-state index contributed by atoms with van der Waals surface area (Å²) in [5.41, 5.74) is 6.15. The second kappa shape index (κ2) is 7.62. The molecule has 1 unspecified atom stereocenters. The van der Waals surface area contributed by atoms with Gasteiger partial charge in [0.15, 0.2) is 0 Å². The van der Waals surface area contributed by atoms with Gasteiger partial charge in [0.05, 0.1) is 6.04 Å². The van der Waals surface area contributed by atoms with Crippen LogP contribution < -0.4 is 4.90 Å². The number of benzene rings is 3. The Morgan fingerprint density at radius 3 is 2.55 bits per heavy atom. The van der Waals surface area contributed by atoms with E-state index in [9.17, 15) is 10.1 Å². The smallest absolute Gasteiger partial charge is 0.269 e. The first-order chi connectivity index (χ1) is 15.2. The van der Waals surface area contributed by atoms with Crippen LogP contribution >= 0.6 is 0 Å². The first-order valence-corrected chi connectivity index (χ1v) is 10.3. The number of rotatable bonds is 3. The van der Waals surface area contributed by atoms with E-state index in [2.05, 4.69) is 29.3 Å². The third kappa shape index (κ3) is 3.21. The van der Waals surface area contributed by atoms with Crippen molar-refractivity contribution < 1.29 is 4.79 Å². The number of anilines is 1. The third-order valence-corrected chi connectivity index (χ3v) is 5.93. The number of nitriles is 1. The number of aryl methyl sites for hydroxylation is 1. The van der Waals surface area contributed by atoms with Crippen LogP contribution in [0.3, 0.4) is 0 Å². The first-order valence-electron chi connectivity index (χ1n) is 10.3. The van der Waals surface area contributed by atoms with Crippen LogP contribution in [0.2, 0.25) is 0 Å². The average Bonchev–Trinajstić information content (AvgIpc) is 3.34. The fourth-order valence-corrected chi connectivity index (χ4v) is 4.58. The molecule has 1 amide bonds. The maximum absolute atomic E-state index is 13.7. The van der Waals surface area contributed by atoms with Gasteiger partial charge in [-0.3, -0.25) is 9.69 Å². The number of nitrogens with zero attached hydrogens (tertiary/aromatic N) is 2. The molecule has 0 fully saturated rings. The van der Waals surface area contributed by atoms with Gasteiger partial charge in [-0.1, -0.05) is 66.7 Å². The summed E-state index contributed by atoms with van der Waals surface area (Å²) >= 11 is 0. The van der Waals surface area contributed by atoms with Crippen LogP contribution in [-0.4, -0.2) is 10.9 Å². The number of H-pyrrole nitrogens is 1. The highest BCUT2D eigenvalue weighted by Gasteiger charge is 2.38. The zero-order chi connectivity index (χ0) is 21.4. The molecule has 1 N–H and O–H groups in total. The Kier molecular flexibility index (Phi) is 4.65. The molecule has 1 aromatic heterocycles. The van der Waals surface area contributed by atoms with Crippen molar-refractivity contribution in [3.05, 3.63) is 107 Å². The van der Waals surface area contributed by atoms with Gasteiger partial charge in [-0.05, 0) is 42.7 Å². The number of aromatic amines is 1. The molecular formula is C27H21N3O. The summed E-state index contributed by atoms with van der Waals surface area (Å²) in [6.07, 6.45) is 2.39. The lowest BCUT2D eigenvalue weighted by molar-refractivity contribution is -0.115. The van der Waals surface area contributed by atoms with E-state index in [4.69, 9.17) is 0 Å². The molecule has 3 aromatic carbocycles. The van der Waals surface area contributed by atoms with Gasteiger partial charge in [0.1, 0.15) is 11.6 Å². The van der Waals surface area contributed by atoms with E-state index in [0.29, 0.717) is 6.42 Å². The molecular weight excluding hydrogens is 382 g/mol. The van der Waals surface area contributed by atoms with Crippen LogP contribution in [-0.2, 0) is 11.2 Å². The van der Waals surface area contributed by atoms with Crippen LogP contribution in [0, 0.1) is 18.3 Å². The SMILES string of the molecule is Cc1[nH]c2ccccc2c1C1Cc2ccccc2N1C(=O)/C(C#N)=C\c1ccccc1. The quantitative estimate of drug-likeness (QED) is 0.352. The summed E-state index contributed by atoms with van der Waals surface area (Å²) in [6.45, 7) is 2.05. The Morgan fingerprint density at radius 1 is 1.03 bits per heavy atom. The van der Waals surface area contributed by atoms with Crippen molar-refractivity contribution in [3.8, 4) is 6.07 Å². The van der Waals surface area contributed by atoms with Gasteiger partial charge in [-0.2, -0.15) is 5.26 Å². The molecule has 0 saturated carbocycles. The monoisotopic (exact) mass is 403 g/mol. The lowest BCUT2D eigenvalue weighted by Gasteiger charge is -2.26. The number of aromatic nitrogens is 1. The molecule has 31 heavy (non-hydrogen) atoms. The number of carbonyl (C=O) groups is 1. The third-order valence-electron chi connectivity index (χ3n) is 5.93. The Hall–Kier alpha value is -4.10. The number of fused-ring (bicyclic) bond motifs is 2. The summed E-state index contributed by atoms with van der Waals surface area (Å²) in [4.78, 5) is 19.0. The van der Waals surface area contributed by atoms with Gasteiger partial charge < -0.3 is 4.98 Å². The summed E-state index contributed by atoms with van der Waals surface area (Å²) in [6, 6.07) is 27.6. The minimum Gasteiger partial charge on any atom is -0.358 e. The Bertz CT molecular complexity index is 1360. The van der Waals surface area contributed by atoms with E-state index in [1.165, 1.54) is 0 Å². The van der Waals surface area contributed by atoms with Gasteiger partial charge in [-0.25, -0.2) is 0 Å². The molecule has 4 nitrogen and oxygen atoms in total. The minimum absolute atomic E-state index is 0.130. The van der Waals surface area contributed by atoms with Gasteiger partial charge in [-0.15, -0.1) is 0 Å². The van der Waals surface area contributed by atoms with E-state index < -0.39 is 0 Å². The molecule has 4 aromatic rings. The molecule has 0 bridgehead atoms. The molecule has 150 valence electrons. The number of para-hydroxylation sites is 2. The molecule has 4 heteroatoms. The Morgan fingerprint density at radius 2 is 1.74 bits per heavy atom. The summed E-state index contributed by atoms with van der Waals surface area (Å²) in [5.74, 6) is -0.272. The molecule has 1 atom stereocenters. The first kappa shape index (κ1) is 18.9. The highest BCUT2D eigenvalue weighted by molar-refractivity contribution is 6.13. The molecule has 0 aliphatic carbocycles. The van der Waals surface area contributed by atoms with Crippen molar-refractivity contribution >= 4 is 28.6 Å². The van der Waals surface area contributed by atoms with Gasteiger partial charge in [0.2, 0.25) is 0 Å². The minimum atomic E-state index is -0.272. The molecule has 0 spiro atoms. The maximum Gasteiger partial charge on any atom is 0.269 e. The van der Waals surface area contributed by atoms with Crippen LogP contribution in [0.4, 0.5) is 5.69 Å². The average molecular weight is 403 g/mol. The van der Waals surface area contributed by atoms with Crippen molar-refractivity contribution in [1.29, 1.82) is 5.26 Å². The largest absolute Gasteiger partial charge is 0.358 e. The second-order valence-corrected chi connectivity index (χ2v) is 7.81. The van der Waals surface area contributed by atoms with Crippen LogP contribution in [0.15, 0.2) is 84.4 Å². The van der Waals surface area contributed by atoms with Gasteiger partial charge in [0, 0.05) is 27.8 Å². The fraction of sp³-hybridized carbons (Fsp3) is 0.111. The second-order valence-electron chi connectivity index (χ2n) is 7.81. The standard InChI is InChI=1S/C27H21N3O/c1-18-26(22-12-6-7-13-23(22)29-18)25-16-20-11-5-8-14-24(20)30(25)27(31)21(17-28)15-19-9-3-2-4-10-19/h2-15,25,29H,16H2,1H3/b21-15-. The fourth-order valence-electron chi connectivity index (χ4n) is 4.58. The molecule has 0 radical (unpaired) electrons. The van der Waals surface area contributed by atoms with Crippen molar-refractivity contribution in [2.45, 2.75) is 19.4 Å². The van der Waals surface area contributed by atoms with E-state index in [1.807, 2.05) is 67.6 Å². The zero-order valence-corrected chi connectivity index (χ0v) is 17.2. The van der Waals surface area contributed by atoms with E-state index in [0.717, 1.165) is 39.0 Å². The van der Waals surface area contributed by atoms with Crippen LogP contribution in [0.25, 0.3) is 17.0 Å². The lowest BCUT2D eigenvalue weighted by atomic mass is 9.98. The van der Waals surface area contributed by atoms with E-state index >= 15 is 0 Å². The van der Waals surface area contributed by atoms with E-state index in [1.54, 1.807) is 11.0 Å². The molecule has 5 rings (SSSR count). The highest BCUT2D eigenvalue weighted by Crippen LogP contribution is 2.44. The van der Waals surface area contributed by atoms with Crippen molar-refractivity contribution in [3.63, 3.8) is 0 Å². The Balaban J connectivity index is 1.65. The number of hydrogen-bond acceptors (Lipinski definition) is 2. The molecule has 1 aliphatic rings. The summed E-state index contributed by atoms with van der Waals surface area (Å²) < 4.78 is 0. The van der Waals surface area contributed by atoms with Gasteiger partial charge in [0.25, 0.3) is 5.91 Å². The highest BCUT2D eigenvalue weighted by atomic mass is 16.2. The predicted molar refractivity (Wildman–Crippen MR) is 123 cm³/mol. The topological polar surface area (TPSA) is 59.9 Å². The number of carbonyl (C=O) groups excluding carboxylic acids is 1.